The summed E-state index contributed by atoms with van der Waals surface area (Å²) >= 11 is 0. The van der Waals surface area contributed by atoms with E-state index in [0.717, 1.165) is 35.7 Å². The summed E-state index contributed by atoms with van der Waals surface area (Å²) in [6.45, 7) is 4.21. The van der Waals surface area contributed by atoms with Crippen molar-refractivity contribution >= 4 is 5.82 Å². The first-order valence-corrected chi connectivity index (χ1v) is 6.27. The van der Waals surface area contributed by atoms with E-state index in [-0.39, 0.29) is 0 Å². The molecule has 2 rings (SSSR count). The average molecular weight is 242 g/mol. The molecule has 2 heterocycles. The Morgan fingerprint density at radius 2 is 2.00 bits per heavy atom. The van der Waals surface area contributed by atoms with Crippen LogP contribution in [0, 0.1) is 0 Å². The highest BCUT2D eigenvalue weighted by molar-refractivity contribution is 5.61. The fourth-order valence-electron chi connectivity index (χ4n) is 1.85. The van der Waals surface area contributed by atoms with Gasteiger partial charge in [-0.1, -0.05) is 13.8 Å². The number of rotatable bonds is 4. The molecule has 0 spiro atoms. The van der Waals surface area contributed by atoms with Crippen molar-refractivity contribution in [2.24, 2.45) is 0 Å². The quantitative estimate of drug-likeness (QED) is 0.895. The number of anilines is 1. The summed E-state index contributed by atoms with van der Waals surface area (Å²) in [4.78, 5) is 13.3. The van der Waals surface area contributed by atoms with Crippen LogP contribution in [-0.2, 0) is 12.8 Å². The molecule has 0 atom stereocenters. The topological polar surface area (TPSA) is 50.7 Å². The summed E-state index contributed by atoms with van der Waals surface area (Å²) in [6, 6.07) is 3.96. The molecule has 0 unspecified atom stereocenters. The van der Waals surface area contributed by atoms with Crippen molar-refractivity contribution in [2.75, 3.05) is 12.4 Å². The molecule has 18 heavy (non-hydrogen) atoms. The molecular formula is C14H18N4. The molecule has 0 aromatic carbocycles. The van der Waals surface area contributed by atoms with Gasteiger partial charge in [-0.25, -0.2) is 9.97 Å². The lowest BCUT2D eigenvalue weighted by Crippen LogP contribution is -2.02. The van der Waals surface area contributed by atoms with Gasteiger partial charge in [-0.15, -0.1) is 0 Å². The van der Waals surface area contributed by atoms with E-state index in [9.17, 15) is 0 Å². The van der Waals surface area contributed by atoms with Gasteiger partial charge < -0.3 is 5.32 Å². The Balaban J connectivity index is 2.55. The van der Waals surface area contributed by atoms with E-state index in [2.05, 4.69) is 34.1 Å². The summed E-state index contributed by atoms with van der Waals surface area (Å²) in [5.41, 5.74) is 3.29. The van der Waals surface area contributed by atoms with Gasteiger partial charge in [0.25, 0.3) is 0 Å². The lowest BCUT2D eigenvalue weighted by atomic mass is 10.1. The Kier molecular flexibility index (Phi) is 3.87. The highest BCUT2D eigenvalue weighted by Gasteiger charge is 2.09. The minimum absolute atomic E-state index is 0.776. The van der Waals surface area contributed by atoms with Crippen LogP contribution < -0.4 is 5.32 Å². The van der Waals surface area contributed by atoms with Gasteiger partial charge in [-0.3, -0.25) is 4.98 Å². The van der Waals surface area contributed by atoms with Crippen LogP contribution in [0.25, 0.3) is 11.4 Å². The summed E-state index contributed by atoms with van der Waals surface area (Å²) in [7, 11) is 1.87. The second-order valence-corrected chi connectivity index (χ2v) is 4.06. The third-order valence-electron chi connectivity index (χ3n) is 2.92. The molecule has 2 aromatic heterocycles. The Bertz CT molecular complexity index is 515. The van der Waals surface area contributed by atoms with Gasteiger partial charge in [0, 0.05) is 36.8 Å². The van der Waals surface area contributed by atoms with Gasteiger partial charge in [0.2, 0.25) is 0 Å². The predicted octanol–water partition coefficient (Wildman–Crippen LogP) is 2.71. The Hall–Kier alpha value is -1.97. The Morgan fingerprint density at radius 3 is 2.67 bits per heavy atom. The summed E-state index contributed by atoms with van der Waals surface area (Å²) < 4.78 is 0. The number of pyridine rings is 1. The van der Waals surface area contributed by atoms with E-state index in [4.69, 9.17) is 0 Å². The van der Waals surface area contributed by atoms with Gasteiger partial charge >= 0.3 is 0 Å². The minimum Gasteiger partial charge on any atom is -0.373 e. The van der Waals surface area contributed by atoms with Crippen molar-refractivity contribution < 1.29 is 0 Å². The standard InChI is InChI=1S/C14H18N4/c1-4-10-9-16-7-6-12(10)14-17-11(5-2)8-13(15-3)18-14/h6-9H,4-5H2,1-3H3,(H,15,17,18). The van der Waals surface area contributed by atoms with Crippen LogP contribution in [0.2, 0.25) is 0 Å². The largest absolute Gasteiger partial charge is 0.373 e. The lowest BCUT2D eigenvalue weighted by Gasteiger charge is -2.09. The van der Waals surface area contributed by atoms with E-state index >= 15 is 0 Å². The zero-order valence-electron chi connectivity index (χ0n) is 11.1. The molecule has 0 amide bonds. The first-order chi connectivity index (χ1) is 8.78. The van der Waals surface area contributed by atoms with Crippen molar-refractivity contribution in [2.45, 2.75) is 26.7 Å². The molecule has 4 nitrogen and oxygen atoms in total. The fourth-order valence-corrected chi connectivity index (χ4v) is 1.85. The van der Waals surface area contributed by atoms with Crippen LogP contribution in [0.15, 0.2) is 24.5 Å². The van der Waals surface area contributed by atoms with Gasteiger partial charge in [0.1, 0.15) is 5.82 Å². The molecule has 94 valence electrons. The second kappa shape index (κ2) is 5.58. The SMILES string of the molecule is CCc1cc(NC)nc(-c2ccncc2CC)n1. The highest BCUT2D eigenvalue weighted by atomic mass is 15.0. The van der Waals surface area contributed by atoms with Gasteiger partial charge in [0.15, 0.2) is 5.82 Å². The van der Waals surface area contributed by atoms with Crippen LogP contribution in [0.4, 0.5) is 5.82 Å². The van der Waals surface area contributed by atoms with E-state index in [0.29, 0.717) is 0 Å². The molecule has 0 saturated heterocycles. The Labute approximate surface area is 108 Å². The van der Waals surface area contributed by atoms with Crippen molar-refractivity contribution in [3.05, 3.63) is 35.8 Å². The third kappa shape index (κ3) is 2.47. The first kappa shape index (κ1) is 12.5. The molecule has 0 fully saturated rings. The van der Waals surface area contributed by atoms with E-state index in [1.54, 1.807) is 6.20 Å². The number of hydrogen-bond acceptors (Lipinski definition) is 4. The summed E-state index contributed by atoms with van der Waals surface area (Å²) in [6.07, 6.45) is 5.50. The maximum atomic E-state index is 4.60. The van der Waals surface area contributed by atoms with Gasteiger partial charge in [-0.05, 0) is 24.5 Å². The molecular weight excluding hydrogens is 224 g/mol. The number of aromatic nitrogens is 3. The fraction of sp³-hybridized carbons (Fsp3) is 0.357. The van der Waals surface area contributed by atoms with Gasteiger partial charge in [-0.2, -0.15) is 0 Å². The van der Waals surface area contributed by atoms with E-state index in [1.807, 2.05) is 25.4 Å². The first-order valence-electron chi connectivity index (χ1n) is 6.27. The molecule has 1 N–H and O–H groups in total. The molecule has 0 aliphatic rings. The van der Waals surface area contributed by atoms with Gasteiger partial charge in [0.05, 0.1) is 0 Å². The molecule has 2 aromatic rings. The highest BCUT2D eigenvalue weighted by Crippen LogP contribution is 2.21. The lowest BCUT2D eigenvalue weighted by molar-refractivity contribution is 0.997. The zero-order chi connectivity index (χ0) is 13.0. The van der Waals surface area contributed by atoms with Crippen molar-refractivity contribution in [3.63, 3.8) is 0 Å². The van der Waals surface area contributed by atoms with Crippen LogP contribution >= 0.6 is 0 Å². The molecule has 0 radical (unpaired) electrons. The number of nitrogens with one attached hydrogen (secondary N) is 1. The predicted molar refractivity (Wildman–Crippen MR) is 73.6 cm³/mol. The van der Waals surface area contributed by atoms with Crippen LogP contribution in [0.5, 0.6) is 0 Å². The number of aryl methyl sites for hydroxylation is 2. The van der Waals surface area contributed by atoms with E-state index in [1.165, 1.54) is 5.56 Å². The molecule has 0 bridgehead atoms. The summed E-state index contributed by atoms with van der Waals surface area (Å²) in [5, 5.41) is 3.08. The maximum absolute atomic E-state index is 4.60. The number of hydrogen-bond donors (Lipinski definition) is 1. The number of nitrogens with zero attached hydrogens (tertiary/aromatic N) is 3. The van der Waals surface area contributed by atoms with Crippen LogP contribution in [-0.4, -0.2) is 22.0 Å². The molecule has 0 saturated carbocycles. The smallest absolute Gasteiger partial charge is 0.162 e. The van der Waals surface area contributed by atoms with Crippen molar-refractivity contribution in [3.8, 4) is 11.4 Å². The Morgan fingerprint density at radius 1 is 1.17 bits per heavy atom. The third-order valence-corrected chi connectivity index (χ3v) is 2.92. The molecule has 4 heteroatoms. The molecule has 0 aliphatic heterocycles. The normalized spacial score (nSPS) is 10.4. The molecule has 0 aliphatic carbocycles. The zero-order valence-corrected chi connectivity index (χ0v) is 11.1. The maximum Gasteiger partial charge on any atom is 0.162 e. The monoisotopic (exact) mass is 242 g/mol. The second-order valence-electron chi connectivity index (χ2n) is 4.06. The van der Waals surface area contributed by atoms with E-state index < -0.39 is 0 Å². The van der Waals surface area contributed by atoms with Crippen molar-refractivity contribution in [1.82, 2.24) is 15.0 Å². The average Bonchev–Trinajstić information content (AvgIpc) is 2.46. The van der Waals surface area contributed by atoms with Crippen LogP contribution in [0.1, 0.15) is 25.1 Å². The van der Waals surface area contributed by atoms with Crippen LogP contribution in [0.3, 0.4) is 0 Å². The summed E-state index contributed by atoms with van der Waals surface area (Å²) in [5.74, 6) is 1.63. The minimum atomic E-state index is 0.776. The van der Waals surface area contributed by atoms with Crippen molar-refractivity contribution in [1.29, 1.82) is 0 Å².